The monoisotopic (exact) mass is 286 g/mol. The Morgan fingerprint density at radius 1 is 1.14 bits per heavy atom. The molecule has 0 radical (unpaired) electrons. The maximum Gasteiger partial charge on any atom is 0.251 e. The topological polar surface area (TPSA) is 89.2 Å². The number of hydrogen-bond acceptors (Lipinski definition) is 3. The first kappa shape index (κ1) is 14.6. The Morgan fingerprint density at radius 2 is 1.86 bits per heavy atom. The second-order valence-corrected chi connectivity index (χ2v) is 4.77. The highest BCUT2D eigenvalue weighted by Crippen LogP contribution is 2.04. The Labute approximate surface area is 122 Å². The first-order valence-corrected chi connectivity index (χ1v) is 6.56. The summed E-state index contributed by atoms with van der Waals surface area (Å²) in [5.41, 5.74) is 7.62. The van der Waals surface area contributed by atoms with Crippen LogP contribution in [0.1, 0.15) is 15.9 Å². The minimum atomic E-state index is -0.301. The molecule has 2 rings (SSSR count). The predicted molar refractivity (Wildman–Crippen MR) is 80.4 cm³/mol. The van der Waals surface area contributed by atoms with Crippen molar-refractivity contribution in [2.24, 2.45) is 7.05 Å². The van der Waals surface area contributed by atoms with Gasteiger partial charge in [-0.15, -0.1) is 0 Å². The van der Waals surface area contributed by atoms with Crippen LogP contribution in [0.25, 0.3) is 0 Å². The van der Waals surface area contributed by atoms with Crippen LogP contribution in [-0.4, -0.2) is 22.9 Å². The highest BCUT2D eigenvalue weighted by Gasteiger charge is 2.07. The van der Waals surface area contributed by atoms with Crippen molar-refractivity contribution in [3.63, 3.8) is 0 Å². The number of nitrogens with one attached hydrogen (secondary N) is 2. The van der Waals surface area contributed by atoms with Crippen molar-refractivity contribution in [3.05, 3.63) is 53.9 Å². The molecule has 0 fully saturated rings. The predicted octanol–water partition coefficient (Wildman–Crippen LogP) is 0.653. The van der Waals surface area contributed by atoms with Crippen molar-refractivity contribution in [2.75, 3.05) is 12.3 Å². The van der Waals surface area contributed by atoms with Gasteiger partial charge in [0.1, 0.15) is 0 Å². The highest BCUT2D eigenvalue weighted by atomic mass is 16.2. The fraction of sp³-hybridized carbons (Fsp3) is 0.200. The molecule has 6 nitrogen and oxygen atoms in total. The molecule has 110 valence electrons. The van der Waals surface area contributed by atoms with Crippen LogP contribution >= 0.6 is 0 Å². The van der Waals surface area contributed by atoms with E-state index >= 15 is 0 Å². The smallest absolute Gasteiger partial charge is 0.251 e. The number of aromatic nitrogens is 1. The summed E-state index contributed by atoms with van der Waals surface area (Å²) in [5, 5.41) is 5.30. The fourth-order valence-electron chi connectivity index (χ4n) is 1.83. The normalized spacial score (nSPS) is 10.1. The molecule has 2 aromatic rings. The summed E-state index contributed by atoms with van der Waals surface area (Å²) in [6, 6.07) is 8.45. The van der Waals surface area contributed by atoms with E-state index in [-0.39, 0.29) is 18.4 Å². The van der Waals surface area contributed by atoms with Gasteiger partial charge in [0.05, 0.1) is 6.54 Å². The molecule has 0 saturated heterocycles. The first-order chi connectivity index (χ1) is 10.0. The molecule has 0 unspecified atom stereocenters. The third-order valence-electron chi connectivity index (χ3n) is 2.97. The van der Waals surface area contributed by atoms with Gasteiger partial charge in [-0.1, -0.05) is 0 Å². The molecule has 1 aromatic carbocycles. The van der Waals surface area contributed by atoms with E-state index in [9.17, 15) is 9.59 Å². The largest absolute Gasteiger partial charge is 0.399 e. The zero-order chi connectivity index (χ0) is 15.2. The molecule has 2 amide bonds. The van der Waals surface area contributed by atoms with E-state index in [1.807, 2.05) is 30.1 Å². The van der Waals surface area contributed by atoms with Crippen LogP contribution in [0.4, 0.5) is 5.69 Å². The summed E-state index contributed by atoms with van der Waals surface area (Å²) in [6.07, 6.45) is 3.83. The number of nitrogen functional groups attached to an aromatic ring is 1. The quantitative estimate of drug-likeness (QED) is 0.705. The number of hydrogen-bond donors (Lipinski definition) is 3. The molecule has 0 saturated carbocycles. The van der Waals surface area contributed by atoms with Gasteiger partial charge in [-0.25, -0.2) is 0 Å². The van der Waals surface area contributed by atoms with Crippen molar-refractivity contribution < 1.29 is 9.59 Å². The van der Waals surface area contributed by atoms with Crippen molar-refractivity contribution in [2.45, 2.75) is 6.54 Å². The Hall–Kier alpha value is -2.76. The number of aryl methyl sites for hydroxylation is 1. The van der Waals surface area contributed by atoms with Crippen LogP contribution in [0, 0.1) is 0 Å². The number of anilines is 1. The zero-order valence-corrected chi connectivity index (χ0v) is 11.8. The van der Waals surface area contributed by atoms with E-state index in [4.69, 9.17) is 5.73 Å². The standard InChI is InChI=1S/C15H18N4O2/c1-19-7-6-11(10-19)8-17-14(20)9-18-15(21)12-2-4-13(16)5-3-12/h2-7,10H,8-9,16H2,1H3,(H,17,20)(H,18,21). The molecule has 1 heterocycles. The summed E-state index contributed by atoms with van der Waals surface area (Å²) in [7, 11) is 1.91. The first-order valence-electron chi connectivity index (χ1n) is 6.56. The fourth-order valence-corrected chi connectivity index (χ4v) is 1.83. The van der Waals surface area contributed by atoms with Crippen molar-refractivity contribution in [3.8, 4) is 0 Å². The molecular formula is C15H18N4O2. The second kappa shape index (κ2) is 6.60. The van der Waals surface area contributed by atoms with Crippen LogP contribution < -0.4 is 16.4 Å². The second-order valence-electron chi connectivity index (χ2n) is 4.77. The summed E-state index contributed by atoms with van der Waals surface area (Å²) in [6.45, 7) is 0.382. The zero-order valence-electron chi connectivity index (χ0n) is 11.8. The van der Waals surface area contributed by atoms with Crippen LogP contribution in [0.3, 0.4) is 0 Å². The lowest BCUT2D eigenvalue weighted by Crippen LogP contribution is -2.36. The van der Waals surface area contributed by atoms with Gasteiger partial charge in [-0.05, 0) is 35.9 Å². The minimum absolute atomic E-state index is 0.0595. The number of carbonyl (C=O) groups is 2. The number of nitrogens with two attached hydrogens (primary N) is 1. The Morgan fingerprint density at radius 3 is 2.48 bits per heavy atom. The van der Waals surface area contributed by atoms with E-state index in [0.29, 0.717) is 17.8 Å². The summed E-state index contributed by atoms with van der Waals surface area (Å²) < 4.78 is 1.91. The molecule has 21 heavy (non-hydrogen) atoms. The van der Waals surface area contributed by atoms with Crippen molar-refractivity contribution in [1.82, 2.24) is 15.2 Å². The number of rotatable bonds is 5. The lowest BCUT2D eigenvalue weighted by atomic mass is 10.2. The summed E-state index contributed by atoms with van der Waals surface area (Å²) >= 11 is 0. The Kier molecular flexibility index (Phi) is 4.61. The molecule has 0 atom stereocenters. The van der Waals surface area contributed by atoms with Crippen LogP contribution in [0.15, 0.2) is 42.7 Å². The van der Waals surface area contributed by atoms with Gasteiger partial charge in [-0.2, -0.15) is 0 Å². The molecular weight excluding hydrogens is 268 g/mol. The third kappa shape index (κ3) is 4.38. The van der Waals surface area contributed by atoms with E-state index in [1.165, 1.54) is 0 Å². The third-order valence-corrected chi connectivity index (χ3v) is 2.97. The minimum Gasteiger partial charge on any atom is -0.399 e. The molecule has 1 aromatic heterocycles. The number of benzene rings is 1. The highest BCUT2D eigenvalue weighted by molar-refractivity contribution is 5.96. The molecule has 0 bridgehead atoms. The van der Waals surface area contributed by atoms with E-state index in [1.54, 1.807) is 24.3 Å². The molecule has 0 aliphatic heterocycles. The number of nitrogens with zero attached hydrogens (tertiary/aromatic N) is 1. The van der Waals surface area contributed by atoms with Crippen molar-refractivity contribution in [1.29, 1.82) is 0 Å². The van der Waals surface area contributed by atoms with Crippen LogP contribution in [0.5, 0.6) is 0 Å². The lowest BCUT2D eigenvalue weighted by Gasteiger charge is -2.06. The van der Waals surface area contributed by atoms with Gasteiger partial charge in [0.15, 0.2) is 0 Å². The van der Waals surface area contributed by atoms with E-state index in [0.717, 1.165) is 5.56 Å². The Balaban J connectivity index is 1.75. The van der Waals surface area contributed by atoms with Gasteiger partial charge in [-0.3, -0.25) is 9.59 Å². The summed E-state index contributed by atoms with van der Waals surface area (Å²) in [5.74, 6) is -0.535. The number of amides is 2. The molecule has 6 heteroatoms. The van der Waals surface area contributed by atoms with Crippen LogP contribution in [-0.2, 0) is 18.4 Å². The van der Waals surface area contributed by atoms with E-state index in [2.05, 4.69) is 10.6 Å². The molecule has 4 N–H and O–H groups in total. The van der Waals surface area contributed by atoms with Gasteiger partial charge >= 0.3 is 0 Å². The van der Waals surface area contributed by atoms with Crippen molar-refractivity contribution >= 4 is 17.5 Å². The van der Waals surface area contributed by atoms with Gasteiger partial charge in [0.2, 0.25) is 5.91 Å². The maximum atomic E-state index is 11.8. The van der Waals surface area contributed by atoms with E-state index < -0.39 is 0 Å². The number of carbonyl (C=O) groups excluding carboxylic acids is 2. The van der Waals surface area contributed by atoms with Gasteiger partial charge in [0, 0.05) is 37.2 Å². The molecule has 0 aliphatic carbocycles. The molecule has 0 spiro atoms. The average Bonchev–Trinajstić information content (AvgIpc) is 2.89. The van der Waals surface area contributed by atoms with Gasteiger partial charge < -0.3 is 20.9 Å². The SMILES string of the molecule is Cn1ccc(CNC(=O)CNC(=O)c2ccc(N)cc2)c1. The summed E-state index contributed by atoms with van der Waals surface area (Å²) in [4.78, 5) is 23.5. The van der Waals surface area contributed by atoms with Gasteiger partial charge in [0.25, 0.3) is 5.91 Å². The molecule has 0 aliphatic rings. The maximum absolute atomic E-state index is 11.8. The van der Waals surface area contributed by atoms with Crippen LogP contribution in [0.2, 0.25) is 0 Å². The lowest BCUT2D eigenvalue weighted by molar-refractivity contribution is -0.120. The Bertz CT molecular complexity index is 631. The average molecular weight is 286 g/mol.